The molecule has 0 aromatic heterocycles. The van der Waals surface area contributed by atoms with Crippen molar-refractivity contribution in [1.29, 1.82) is 0 Å². The second-order valence-corrected chi connectivity index (χ2v) is 8.07. The lowest BCUT2D eigenvalue weighted by molar-refractivity contribution is -0.156. The van der Waals surface area contributed by atoms with E-state index in [9.17, 15) is 30.0 Å². The van der Waals surface area contributed by atoms with Crippen LogP contribution in [0.5, 0.6) is 0 Å². The highest BCUT2D eigenvalue weighted by atomic mass is 16.4. The van der Waals surface area contributed by atoms with Crippen LogP contribution in [0, 0.1) is 0 Å². The molecule has 8 nitrogen and oxygen atoms in total. The summed E-state index contributed by atoms with van der Waals surface area (Å²) in [5.74, 6) is -1.82. The number of rotatable bonds is 11. The van der Waals surface area contributed by atoms with E-state index in [2.05, 4.69) is 10.6 Å². The number of aliphatic hydroxyl groups is 4. The van der Waals surface area contributed by atoms with Crippen molar-refractivity contribution in [2.75, 3.05) is 0 Å². The van der Waals surface area contributed by atoms with Crippen LogP contribution in [0.25, 0.3) is 0 Å². The molecular formula is C24H32N2O6. The Labute approximate surface area is 187 Å². The van der Waals surface area contributed by atoms with E-state index < -0.39 is 36.2 Å². The number of carbonyl (C=O) groups excluding carboxylic acids is 2. The van der Waals surface area contributed by atoms with Gasteiger partial charge in [-0.25, -0.2) is 0 Å². The van der Waals surface area contributed by atoms with Crippen molar-refractivity contribution in [3.05, 3.63) is 71.8 Å². The van der Waals surface area contributed by atoms with Gasteiger partial charge in [-0.15, -0.1) is 0 Å². The Morgan fingerprint density at radius 3 is 1.28 bits per heavy atom. The lowest BCUT2D eigenvalue weighted by atomic mass is 10.0. The molecule has 174 valence electrons. The van der Waals surface area contributed by atoms with Crippen LogP contribution in [-0.2, 0) is 22.4 Å². The molecule has 6 atom stereocenters. The number of benzene rings is 2. The van der Waals surface area contributed by atoms with Gasteiger partial charge in [0.05, 0.1) is 0 Å². The first-order valence-electron chi connectivity index (χ1n) is 10.6. The maximum Gasteiger partial charge on any atom is 0.251 e. The van der Waals surface area contributed by atoms with Crippen LogP contribution in [-0.4, -0.2) is 68.7 Å². The summed E-state index contributed by atoms with van der Waals surface area (Å²) in [6.45, 7) is 3.47. The zero-order valence-corrected chi connectivity index (χ0v) is 18.3. The molecule has 0 saturated heterocycles. The summed E-state index contributed by atoms with van der Waals surface area (Å²) in [5.41, 5.74) is 1.96. The number of amides is 2. The van der Waals surface area contributed by atoms with Gasteiger partial charge in [-0.2, -0.15) is 0 Å². The van der Waals surface area contributed by atoms with E-state index in [1.54, 1.807) is 13.8 Å². The number of aliphatic hydroxyl groups excluding tert-OH is 4. The second kappa shape index (κ2) is 12.3. The van der Waals surface area contributed by atoms with E-state index >= 15 is 0 Å². The molecule has 2 unspecified atom stereocenters. The average molecular weight is 445 g/mol. The Hall–Kier alpha value is -2.78. The van der Waals surface area contributed by atoms with Crippen molar-refractivity contribution in [1.82, 2.24) is 10.6 Å². The molecule has 0 bridgehead atoms. The fourth-order valence-electron chi connectivity index (χ4n) is 3.38. The molecule has 2 rings (SSSR count). The summed E-state index contributed by atoms with van der Waals surface area (Å²) in [6, 6.07) is 18.1. The summed E-state index contributed by atoms with van der Waals surface area (Å²) in [7, 11) is 0. The molecule has 2 aromatic carbocycles. The van der Waals surface area contributed by atoms with Crippen molar-refractivity contribution in [2.45, 2.75) is 63.2 Å². The molecule has 0 fully saturated rings. The number of nitrogens with one attached hydrogen (secondary N) is 2. The predicted molar refractivity (Wildman–Crippen MR) is 120 cm³/mol. The smallest absolute Gasteiger partial charge is 0.251 e. The van der Waals surface area contributed by atoms with Gasteiger partial charge in [0.1, 0.15) is 12.2 Å². The minimum absolute atomic E-state index is 0.351. The van der Waals surface area contributed by atoms with Gasteiger partial charge in [0.25, 0.3) is 11.8 Å². The highest BCUT2D eigenvalue weighted by Crippen LogP contribution is 2.09. The fourth-order valence-corrected chi connectivity index (χ4v) is 3.38. The molecule has 0 aliphatic rings. The van der Waals surface area contributed by atoms with Gasteiger partial charge in [0.2, 0.25) is 0 Å². The van der Waals surface area contributed by atoms with E-state index in [0.29, 0.717) is 12.8 Å². The predicted octanol–water partition coefficient (Wildman–Crippen LogP) is -0.0752. The van der Waals surface area contributed by atoms with E-state index in [0.717, 1.165) is 11.1 Å². The van der Waals surface area contributed by atoms with Crippen molar-refractivity contribution >= 4 is 11.8 Å². The topological polar surface area (TPSA) is 139 Å². The zero-order valence-electron chi connectivity index (χ0n) is 18.3. The molecular weight excluding hydrogens is 412 g/mol. The molecule has 0 aliphatic carbocycles. The lowest BCUT2D eigenvalue weighted by Gasteiger charge is -2.27. The molecule has 6 N–H and O–H groups in total. The first kappa shape index (κ1) is 25.5. The third kappa shape index (κ3) is 7.72. The Kier molecular flexibility index (Phi) is 9.80. The van der Waals surface area contributed by atoms with Crippen molar-refractivity contribution < 1.29 is 30.0 Å². The zero-order chi connectivity index (χ0) is 23.7. The van der Waals surface area contributed by atoms with E-state index in [1.807, 2.05) is 60.7 Å². The SMILES string of the molecule is CC(Cc1ccccc1)NC(=O)[C@@H](O)[C@@H](O)[C@H](O)[C@@H](O)C(=O)NC(C)Cc1ccccc1. The third-order valence-electron chi connectivity index (χ3n) is 5.08. The summed E-state index contributed by atoms with van der Waals surface area (Å²) in [4.78, 5) is 24.5. The number of hydrogen-bond acceptors (Lipinski definition) is 6. The number of hydrogen-bond donors (Lipinski definition) is 6. The van der Waals surface area contributed by atoms with Crippen LogP contribution >= 0.6 is 0 Å². The highest BCUT2D eigenvalue weighted by Gasteiger charge is 2.37. The first-order valence-corrected chi connectivity index (χ1v) is 10.6. The van der Waals surface area contributed by atoms with Gasteiger partial charge in [-0.3, -0.25) is 9.59 Å². The summed E-state index contributed by atoms with van der Waals surface area (Å²) < 4.78 is 0. The first-order chi connectivity index (χ1) is 15.2. The maximum atomic E-state index is 12.2. The summed E-state index contributed by atoms with van der Waals surface area (Å²) in [6.07, 6.45) is -7.14. The highest BCUT2D eigenvalue weighted by molar-refractivity contribution is 5.83. The second-order valence-electron chi connectivity index (χ2n) is 8.07. The quantitative estimate of drug-likeness (QED) is 0.287. The van der Waals surface area contributed by atoms with Gasteiger partial charge in [0, 0.05) is 12.1 Å². The standard InChI is InChI=1S/C24H32N2O6/c1-15(13-17-9-5-3-6-10-17)25-23(31)21(29)19(27)20(28)22(30)24(32)26-16(2)14-18-11-7-4-8-12-18/h3-12,15-16,19-22,27-30H,13-14H2,1-2H3,(H,25,31)(H,26,32)/t15?,16?,19-,20-,21-,22+/m0/s1. The van der Waals surface area contributed by atoms with Gasteiger partial charge in [-0.1, -0.05) is 60.7 Å². The molecule has 2 amide bonds. The molecule has 0 heterocycles. The van der Waals surface area contributed by atoms with Crippen molar-refractivity contribution in [2.24, 2.45) is 0 Å². The minimum atomic E-state index is -2.05. The molecule has 0 radical (unpaired) electrons. The van der Waals surface area contributed by atoms with Gasteiger partial charge < -0.3 is 31.1 Å². The Balaban J connectivity index is 1.84. The minimum Gasteiger partial charge on any atom is -0.387 e. The Morgan fingerprint density at radius 1 is 0.656 bits per heavy atom. The van der Waals surface area contributed by atoms with Crippen LogP contribution in [0.2, 0.25) is 0 Å². The van der Waals surface area contributed by atoms with Gasteiger partial charge in [-0.05, 0) is 37.8 Å². The van der Waals surface area contributed by atoms with Crippen LogP contribution in [0.1, 0.15) is 25.0 Å². The van der Waals surface area contributed by atoms with Gasteiger partial charge >= 0.3 is 0 Å². The van der Waals surface area contributed by atoms with E-state index in [-0.39, 0.29) is 12.1 Å². The van der Waals surface area contributed by atoms with Crippen LogP contribution in [0.3, 0.4) is 0 Å². The maximum absolute atomic E-state index is 12.2. The monoisotopic (exact) mass is 444 g/mol. The average Bonchev–Trinajstić information content (AvgIpc) is 2.78. The Morgan fingerprint density at radius 2 is 0.969 bits per heavy atom. The van der Waals surface area contributed by atoms with Crippen LogP contribution in [0.15, 0.2) is 60.7 Å². The Bertz CT molecular complexity index is 777. The largest absolute Gasteiger partial charge is 0.387 e. The number of carbonyl (C=O) groups is 2. The lowest BCUT2D eigenvalue weighted by Crippen LogP contribution is -2.56. The van der Waals surface area contributed by atoms with E-state index in [1.165, 1.54) is 0 Å². The fraction of sp³-hybridized carbons (Fsp3) is 0.417. The van der Waals surface area contributed by atoms with Crippen LogP contribution < -0.4 is 10.6 Å². The molecule has 0 spiro atoms. The van der Waals surface area contributed by atoms with Gasteiger partial charge in [0.15, 0.2) is 12.2 Å². The molecule has 32 heavy (non-hydrogen) atoms. The summed E-state index contributed by atoms with van der Waals surface area (Å²) in [5, 5.41) is 45.6. The van der Waals surface area contributed by atoms with Crippen molar-refractivity contribution in [3.8, 4) is 0 Å². The molecule has 0 saturated carbocycles. The molecule has 8 heteroatoms. The van der Waals surface area contributed by atoms with Crippen molar-refractivity contribution in [3.63, 3.8) is 0 Å². The normalized spacial score (nSPS) is 16.8. The van der Waals surface area contributed by atoms with E-state index in [4.69, 9.17) is 0 Å². The molecule has 2 aromatic rings. The molecule has 0 aliphatic heterocycles. The third-order valence-corrected chi connectivity index (χ3v) is 5.08. The van der Waals surface area contributed by atoms with Crippen LogP contribution in [0.4, 0.5) is 0 Å². The summed E-state index contributed by atoms with van der Waals surface area (Å²) >= 11 is 0.